The van der Waals surface area contributed by atoms with Crippen molar-refractivity contribution in [2.75, 3.05) is 6.54 Å². The first kappa shape index (κ1) is 14.6. The molecule has 1 aromatic heterocycles. The van der Waals surface area contributed by atoms with Crippen molar-refractivity contribution in [2.24, 2.45) is 0 Å². The summed E-state index contributed by atoms with van der Waals surface area (Å²) < 4.78 is 11.3. The molecule has 0 aromatic carbocycles. The third-order valence-corrected chi connectivity index (χ3v) is 4.56. The fourth-order valence-corrected chi connectivity index (χ4v) is 3.49. The van der Waals surface area contributed by atoms with E-state index in [0.717, 1.165) is 31.6 Å². The Morgan fingerprint density at radius 1 is 1.43 bits per heavy atom. The van der Waals surface area contributed by atoms with Crippen LogP contribution in [-0.4, -0.2) is 41.6 Å². The van der Waals surface area contributed by atoms with E-state index in [-0.39, 0.29) is 18.1 Å². The molecule has 2 saturated heterocycles. The minimum Gasteiger partial charge on any atom is -0.467 e. The Balaban J connectivity index is 1.51. The fraction of sp³-hybridized carbons (Fsp3) is 0.688. The van der Waals surface area contributed by atoms with Gasteiger partial charge in [0.1, 0.15) is 11.9 Å². The number of carbonyl (C=O) groups is 1. The van der Waals surface area contributed by atoms with Gasteiger partial charge in [-0.05, 0) is 45.2 Å². The number of hydrogen-bond donors (Lipinski definition) is 1. The van der Waals surface area contributed by atoms with E-state index in [1.807, 2.05) is 12.1 Å². The molecule has 5 nitrogen and oxygen atoms in total. The van der Waals surface area contributed by atoms with Crippen LogP contribution in [0, 0.1) is 0 Å². The molecule has 0 saturated carbocycles. The lowest BCUT2D eigenvalue weighted by Crippen LogP contribution is -2.49. The number of likely N-dealkylation sites (tertiary alicyclic amines) is 1. The van der Waals surface area contributed by atoms with Crippen molar-refractivity contribution < 1.29 is 13.9 Å². The second-order valence-corrected chi connectivity index (χ2v) is 6.23. The molecule has 2 aliphatic rings. The zero-order chi connectivity index (χ0) is 14.8. The Labute approximate surface area is 125 Å². The maximum absolute atomic E-state index is 12.2. The van der Waals surface area contributed by atoms with Crippen molar-refractivity contribution >= 4 is 5.91 Å². The van der Waals surface area contributed by atoms with Crippen molar-refractivity contribution in [3.05, 3.63) is 24.2 Å². The van der Waals surface area contributed by atoms with E-state index in [2.05, 4.69) is 24.1 Å². The lowest BCUT2D eigenvalue weighted by molar-refractivity contribution is -0.144. The van der Waals surface area contributed by atoms with Crippen LogP contribution < -0.4 is 5.32 Å². The van der Waals surface area contributed by atoms with Gasteiger partial charge in [-0.25, -0.2) is 0 Å². The summed E-state index contributed by atoms with van der Waals surface area (Å²) in [5.41, 5.74) is 0. The molecule has 1 aromatic rings. The number of hydrogen-bond acceptors (Lipinski definition) is 4. The monoisotopic (exact) mass is 292 g/mol. The molecule has 0 bridgehead atoms. The highest BCUT2D eigenvalue weighted by atomic mass is 16.5. The second-order valence-electron chi connectivity index (χ2n) is 6.23. The van der Waals surface area contributed by atoms with E-state index in [9.17, 15) is 4.79 Å². The van der Waals surface area contributed by atoms with Crippen molar-refractivity contribution in [3.63, 3.8) is 0 Å². The molecule has 21 heavy (non-hydrogen) atoms. The summed E-state index contributed by atoms with van der Waals surface area (Å²) in [7, 11) is 0. The minimum absolute atomic E-state index is 0.0205. The summed E-state index contributed by atoms with van der Waals surface area (Å²) in [5.74, 6) is 0.747. The van der Waals surface area contributed by atoms with Gasteiger partial charge in [-0.15, -0.1) is 0 Å². The Morgan fingerprint density at radius 3 is 3.00 bits per heavy atom. The van der Waals surface area contributed by atoms with E-state index >= 15 is 0 Å². The van der Waals surface area contributed by atoms with Gasteiger partial charge >= 0.3 is 0 Å². The van der Waals surface area contributed by atoms with Crippen molar-refractivity contribution in [2.45, 2.75) is 63.9 Å². The van der Waals surface area contributed by atoms with Crippen molar-refractivity contribution in [1.29, 1.82) is 0 Å². The lowest BCUT2D eigenvalue weighted by Gasteiger charge is -2.37. The number of amides is 1. The van der Waals surface area contributed by atoms with Gasteiger partial charge in [-0.2, -0.15) is 0 Å². The summed E-state index contributed by atoms with van der Waals surface area (Å²) in [4.78, 5) is 14.7. The molecule has 3 rings (SSSR count). The number of fused-ring (bicyclic) bond motifs is 1. The predicted molar refractivity (Wildman–Crippen MR) is 78.7 cm³/mol. The molecule has 1 amide bonds. The van der Waals surface area contributed by atoms with E-state index in [0.29, 0.717) is 18.6 Å². The second kappa shape index (κ2) is 6.20. The molecule has 1 N–H and O–H groups in total. The summed E-state index contributed by atoms with van der Waals surface area (Å²) in [6.45, 7) is 5.96. The number of furan rings is 1. The third-order valence-electron chi connectivity index (χ3n) is 4.56. The summed E-state index contributed by atoms with van der Waals surface area (Å²) in [5, 5.41) is 2.90. The number of carbonyl (C=O) groups excluding carboxylic acids is 1. The third kappa shape index (κ3) is 3.14. The summed E-state index contributed by atoms with van der Waals surface area (Å²) >= 11 is 0. The van der Waals surface area contributed by atoms with E-state index in [1.54, 1.807) is 6.26 Å². The van der Waals surface area contributed by atoms with E-state index < -0.39 is 0 Å². The molecular weight excluding hydrogens is 268 g/mol. The highest BCUT2D eigenvalue weighted by Crippen LogP contribution is 2.32. The summed E-state index contributed by atoms with van der Waals surface area (Å²) in [6, 6.07) is 4.71. The average molecular weight is 292 g/mol. The highest BCUT2D eigenvalue weighted by molar-refractivity contribution is 5.80. The van der Waals surface area contributed by atoms with E-state index in [4.69, 9.17) is 9.15 Å². The maximum Gasteiger partial charge on any atom is 0.249 e. The fourth-order valence-electron chi connectivity index (χ4n) is 3.49. The Hall–Kier alpha value is -1.33. The van der Waals surface area contributed by atoms with Crippen LogP contribution in [-0.2, 0) is 16.1 Å². The van der Waals surface area contributed by atoms with Crippen LogP contribution in [0.1, 0.15) is 38.9 Å². The Morgan fingerprint density at radius 2 is 2.29 bits per heavy atom. The zero-order valence-corrected chi connectivity index (χ0v) is 12.7. The average Bonchev–Trinajstić information content (AvgIpc) is 3.13. The number of rotatable bonds is 4. The highest BCUT2D eigenvalue weighted by Gasteiger charge is 2.42. The smallest absolute Gasteiger partial charge is 0.249 e. The molecule has 2 aliphatic heterocycles. The van der Waals surface area contributed by atoms with Gasteiger partial charge in [0.05, 0.1) is 18.9 Å². The first-order valence-corrected chi connectivity index (χ1v) is 7.86. The molecule has 116 valence electrons. The van der Waals surface area contributed by atoms with Crippen LogP contribution in [0.2, 0.25) is 0 Å². The van der Waals surface area contributed by atoms with Crippen LogP contribution in [0.4, 0.5) is 0 Å². The molecule has 2 fully saturated rings. The molecule has 5 heteroatoms. The standard InChI is InChI=1S/C16H24N2O3/c1-11(2)18-8-7-14-13(18)5-6-15(21-14)16(19)17-10-12-4-3-9-20-12/h3-4,9,11,13-15H,5-8,10H2,1-2H3,(H,17,19)/t13-,14-,15-/m1/s1. The molecule has 0 aliphatic carbocycles. The van der Waals surface area contributed by atoms with Crippen LogP contribution >= 0.6 is 0 Å². The van der Waals surface area contributed by atoms with Gasteiger partial charge < -0.3 is 14.5 Å². The SMILES string of the molecule is CC(C)N1CC[C@H]2O[C@@H](C(=O)NCc3ccco3)CC[C@H]21. The van der Waals surface area contributed by atoms with Gasteiger partial charge in [0.2, 0.25) is 5.91 Å². The molecule has 3 atom stereocenters. The topological polar surface area (TPSA) is 54.7 Å². The number of ether oxygens (including phenoxy) is 1. The number of nitrogens with zero attached hydrogens (tertiary/aromatic N) is 1. The first-order chi connectivity index (χ1) is 10.1. The van der Waals surface area contributed by atoms with Gasteiger partial charge in [-0.3, -0.25) is 9.69 Å². The van der Waals surface area contributed by atoms with Crippen molar-refractivity contribution in [1.82, 2.24) is 10.2 Å². The lowest BCUT2D eigenvalue weighted by atomic mass is 9.98. The van der Waals surface area contributed by atoms with Gasteiger partial charge in [-0.1, -0.05) is 0 Å². The van der Waals surface area contributed by atoms with Crippen LogP contribution in [0.25, 0.3) is 0 Å². The molecule has 0 spiro atoms. The number of nitrogens with one attached hydrogen (secondary N) is 1. The molecule has 3 heterocycles. The van der Waals surface area contributed by atoms with Gasteiger partial charge in [0, 0.05) is 18.6 Å². The van der Waals surface area contributed by atoms with Crippen LogP contribution in [0.5, 0.6) is 0 Å². The predicted octanol–water partition coefficient (Wildman–Crippen LogP) is 1.93. The van der Waals surface area contributed by atoms with Crippen LogP contribution in [0.3, 0.4) is 0 Å². The normalized spacial score (nSPS) is 29.6. The molecule has 0 radical (unpaired) electrons. The largest absolute Gasteiger partial charge is 0.467 e. The van der Waals surface area contributed by atoms with E-state index in [1.165, 1.54) is 0 Å². The Kier molecular flexibility index (Phi) is 4.31. The van der Waals surface area contributed by atoms with Gasteiger partial charge in [0.15, 0.2) is 0 Å². The minimum atomic E-state index is -0.312. The zero-order valence-electron chi connectivity index (χ0n) is 12.7. The Bertz CT molecular complexity index is 472. The molecular formula is C16H24N2O3. The quantitative estimate of drug-likeness (QED) is 0.921. The van der Waals surface area contributed by atoms with Crippen molar-refractivity contribution in [3.8, 4) is 0 Å². The molecule has 0 unspecified atom stereocenters. The van der Waals surface area contributed by atoms with Crippen LogP contribution in [0.15, 0.2) is 22.8 Å². The first-order valence-electron chi connectivity index (χ1n) is 7.86. The maximum atomic E-state index is 12.2. The van der Waals surface area contributed by atoms with Gasteiger partial charge in [0.25, 0.3) is 0 Å². The summed E-state index contributed by atoms with van der Waals surface area (Å²) in [6.07, 6.45) is 4.39.